The topological polar surface area (TPSA) is 88.8 Å². The first-order valence-electron chi connectivity index (χ1n) is 13.7. The van der Waals surface area contributed by atoms with Crippen molar-refractivity contribution in [1.82, 2.24) is 19.8 Å². The first kappa shape index (κ1) is 27.2. The normalized spacial score (nSPS) is 21.4. The summed E-state index contributed by atoms with van der Waals surface area (Å²) in [5.41, 5.74) is 4.21. The number of likely N-dealkylation sites (tertiary alicyclic amines) is 1. The van der Waals surface area contributed by atoms with Crippen LogP contribution in [0, 0.1) is 18.3 Å². The zero-order chi connectivity index (χ0) is 27.5. The highest BCUT2D eigenvalue weighted by atomic mass is 35.5. The van der Waals surface area contributed by atoms with Gasteiger partial charge in [-0.2, -0.15) is 15.2 Å². The highest BCUT2D eigenvalue weighted by molar-refractivity contribution is 6.31. The molecule has 4 heterocycles. The Kier molecular flexibility index (Phi) is 8.24. The summed E-state index contributed by atoms with van der Waals surface area (Å²) in [5, 5.41) is 10.2. The number of carbonyl (C=O) groups excluding carboxylic acids is 1. The number of anilines is 2. The Morgan fingerprint density at radius 1 is 1.23 bits per heavy atom. The summed E-state index contributed by atoms with van der Waals surface area (Å²) >= 11 is 6.44. The lowest BCUT2D eigenvalue weighted by atomic mass is 10.0. The number of fused-ring (bicyclic) bond motifs is 1. The zero-order valence-electron chi connectivity index (χ0n) is 22.8. The summed E-state index contributed by atoms with van der Waals surface area (Å²) in [5.74, 6) is 0.711. The fourth-order valence-electron chi connectivity index (χ4n) is 5.95. The number of ether oxygens (including phenoxy) is 1. The van der Waals surface area contributed by atoms with Crippen LogP contribution in [0.15, 0.2) is 30.9 Å². The van der Waals surface area contributed by atoms with Gasteiger partial charge in [0.2, 0.25) is 5.91 Å². The van der Waals surface area contributed by atoms with Crippen molar-refractivity contribution >= 4 is 29.0 Å². The lowest BCUT2D eigenvalue weighted by Crippen LogP contribution is -2.55. The quantitative estimate of drug-likeness (QED) is 0.484. The smallest absolute Gasteiger partial charge is 0.318 e. The molecule has 2 aromatic rings. The molecule has 0 bridgehead atoms. The second kappa shape index (κ2) is 11.8. The van der Waals surface area contributed by atoms with E-state index in [0.29, 0.717) is 44.8 Å². The molecule has 0 radical (unpaired) electrons. The molecule has 206 valence electrons. The second-order valence-corrected chi connectivity index (χ2v) is 11.0. The Balaban J connectivity index is 1.46. The number of hydrogen-bond acceptors (Lipinski definition) is 8. The van der Waals surface area contributed by atoms with Crippen molar-refractivity contribution in [2.45, 2.75) is 51.2 Å². The zero-order valence-corrected chi connectivity index (χ0v) is 23.5. The average Bonchev–Trinajstić information content (AvgIpc) is 3.36. The van der Waals surface area contributed by atoms with E-state index in [9.17, 15) is 10.1 Å². The van der Waals surface area contributed by atoms with Crippen LogP contribution in [0.5, 0.6) is 6.01 Å². The molecule has 0 saturated carbocycles. The average molecular weight is 550 g/mol. The Morgan fingerprint density at radius 2 is 2.08 bits per heavy atom. The van der Waals surface area contributed by atoms with E-state index in [1.54, 1.807) is 4.90 Å². The summed E-state index contributed by atoms with van der Waals surface area (Å²) in [7, 11) is 2.13. The largest absolute Gasteiger partial charge is 0.462 e. The van der Waals surface area contributed by atoms with E-state index in [0.717, 1.165) is 59.3 Å². The Bertz CT molecular complexity index is 1280. The molecule has 1 aromatic carbocycles. The molecule has 2 fully saturated rings. The summed E-state index contributed by atoms with van der Waals surface area (Å²) < 4.78 is 6.23. The van der Waals surface area contributed by atoms with Crippen LogP contribution in [0.2, 0.25) is 5.02 Å². The monoisotopic (exact) mass is 549 g/mol. The molecule has 1 aromatic heterocycles. The predicted octanol–water partition coefficient (Wildman–Crippen LogP) is 3.59. The molecular weight excluding hydrogens is 514 g/mol. The lowest BCUT2D eigenvalue weighted by molar-refractivity contribution is -0.128. The Hall–Kier alpha value is -3.35. The number of piperazine rings is 1. The molecule has 0 N–H and O–H groups in total. The summed E-state index contributed by atoms with van der Waals surface area (Å²) in [6, 6.07) is 8.75. The molecule has 10 heteroatoms. The molecule has 39 heavy (non-hydrogen) atoms. The molecule has 5 rings (SSSR count). The van der Waals surface area contributed by atoms with Gasteiger partial charge >= 0.3 is 6.01 Å². The number of hydrogen-bond donors (Lipinski definition) is 0. The first-order valence-corrected chi connectivity index (χ1v) is 14.0. The molecule has 2 atom stereocenters. The minimum Gasteiger partial charge on any atom is -0.462 e. The van der Waals surface area contributed by atoms with E-state index in [2.05, 4.69) is 40.5 Å². The molecular formula is C29H36ClN7O2. The van der Waals surface area contributed by atoms with Gasteiger partial charge in [0.25, 0.3) is 0 Å². The number of nitrogens with zero attached hydrogens (tertiary/aromatic N) is 7. The SMILES string of the molecule is C=CC(=O)N1CCN(c2nc(OC[C@@H]3CCCN3C)nc3c2CCN(c2cccc(Cl)c2C)C3)C[C@@H]1CC#N. The van der Waals surface area contributed by atoms with Crippen LogP contribution in [-0.4, -0.2) is 84.1 Å². The van der Waals surface area contributed by atoms with Crippen LogP contribution in [-0.2, 0) is 17.8 Å². The minimum atomic E-state index is -0.231. The van der Waals surface area contributed by atoms with Crippen LogP contribution in [0.4, 0.5) is 11.5 Å². The molecule has 3 aliphatic rings. The van der Waals surface area contributed by atoms with Gasteiger partial charge in [-0.15, -0.1) is 0 Å². The van der Waals surface area contributed by atoms with Crippen molar-refractivity contribution in [3.63, 3.8) is 0 Å². The maximum atomic E-state index is 12.5. The standard InChI is InChI=1S/C29H36ClN7O2/c1-4-27(38)37-16-15-36(17-21(37)10-12-31)28-23-11-14-35(26-9-5-8-24(30)20(26)2)18-25(23)32-29(33-28)39-19-22-7-6-13-34(22)3/h4-5,8-9,21-22H,1,6-7,10-11,13-19H2,2-3H3/t21-,22-/m0/s1. The van der Waals surface area contributed by atoms with Gasteiger partial charge < -0.3 is 24.3 Å². The van der Waals surface area contributed by atoms with Gasteiger partial charge in [-0.3, -0.25) is 4.79 Å². The Labute approximate surface area is 235 Å². The number of likely N-dealkylation sites (N-methyl/N-ethyl adjacent to an activating group) is 1. The van der Waals surface area contributed by atoms with Crippen molar-refractivity contribution in [2.24, 2.45) is 0 Å². The minimum absolute atomic E-state index is 0.142. The van der Waals surface area contributed by atoms with Gasteiger partial charge in [0, 0.05) is 48.5 Å². The van der Waals surface area contributed by atoms with E-state index in [-0.39, 0.29) is 18.4 Å². The van der Waals surface area contributed by atoms with Gasteiger partial charge in [-0.05, 0) is 63.6 Å². The number of halogens is 1. The van der Waals surface area contributed by atoms with Crippen molar-refractivity contribution in [3.8, 4) is 12.1 Å². The molecule has 9 nitrogen and oxygen atoms in total. The third-order valence-electron chi connectivity index (χ3n) is 8.25. The van der Waals surface area contributed by atoms with E-state index in [4.69, 9.17) is 26.3 Å². The van der Waals surface area contributed by atoms with Crippen LogP contribution < -0.4 is 14.5 Å². The molecule has 1 amide bonds. The molecule has 0 spiro atoms. The fourth-order valence-corrected chi connectivity index (χ4v) is 6.12. The van der Waals surface area contributed by atoms with Crippen molar-refractivity contribution in [2.75, 3.05) is 56.2 Å². The highest BCUT2D eigenvalue weighted by Crippen LogP contribution is 2.34. The van der Waals surface area contributed by atoms with E-state index >= 15 is 0 Å². The van der Waals surface area contributed by atoms with E-state index < -0.39 is 0 Å². The van der Waals surface area contributed by atoms with Crippen molar-refractivity contribution in [3.05, 3.63) is 52.7 Å². The molecule has 0 aliphatic carbocycles. The lowest BCUT2D eigenvalue weighted by Gasteiger charge is -2.42. The predicted molar refractivity (Wildman–Crippen MR) is 152 cm³/mol. The Morgan fingerprint density at radius 3 is 2.82 bits per heavy atom. The van der Waals surface area contributed by atoms with Crippen LogP contribution in [0.3, 0.4) is 0 Å². The van der Waals surface area contributed by atoms with Gasteiger partial charge in [0.15, 0.2) is 0 Å². The highest BCUT2D eigenvalue weighted by Gasteiger charge is 2.33. The first-order chi connectivity index (χ1) is 18.9. The van der Waals surface area contributed by atoms with Crippen LogP contribution in [0.1, 0.15) is 36.1 Å². The van der Waals surface area contributed by atoms with E-state index in [1.807, 2.05) is 19.1 Å². The number of nitriles is 1. The number of amides is 1. The second-order valence-electron chi connectivity index (χ2n) is 10.6. The maximum absolute atomic E-state index is 12.5. The van der Waals surface area contributed by atoms with Crippen molar-refractivity contribution in [1.29, 1.82) is 5.26 Å². The van der Waals surface area contributed by atoms with Gasteiger partial charge in [0.05, 0.1) is 30.8 Å². The molecule has 3 aliphatic heterocycles. The number of aromatic nitrogens is 2. The third kappa shape index (κ3) is 5.68. The van der Waals surface area contributed by atoms with Crippen LogP contribution >= 0.6 is 11.6 Å². The third-order valence-corrected chi connectivity index (χ3v) is 8.66. The maximum Gasteiger partial charge on any atom is 0.318 e. The number of rotatable bonds is 7. The summed E-state index contributed by atoms with van der Waals surface area (Å²) in [6.07, 6.45) is 4.62. The van der Waals surface area contributed by atoms with Gasteiger partial charge in [-0.25, -0.2) is 0 Å². The van der Waals surface area contributed by atoms with Crippen LogP contribution in [0.25, 0.3) is 0 Å². The van der Waals surface area contributed by atoms with E-state index in [1.165, 1.54) is 12.5 Å². The summed E-state index contributed by atoms with van der Waals surface area (Å²) in [4.78, 5) is 30.9. The summed E-state index contributed by atoms with van der Waals surface area (Å²) in [6.45, 7) is 10.4. The molecule has 0 unspecified atom stereocenters. The van der Waals surface area contributed by atoms with Crippen molar-refractivity contribution < 1.29 is 9.53 Å². The van der Waals surface area contributed by atoms with Gasteiger partial charge in [0.1, 0.15) is 12.4 Å². The number of carbonyl (C=O) groups is 1. The number of benzene rings is 1. The van der Waals surface area contributed by atoms with Gasteiger partial charge in [-0.1, -0.05) is 24.2 Å². The fraction of sp³-hybridized carbons (Fsp3) is 0.517. The molecule has 2 saturated heterocycles.